The Bertz CT molecular complexity index is 3800. The number of carbonyl (C=O) groups excluding carboxylic acids is 3. The number of amides is 3. The molecule has 0 unspecified atom stereocenters. The van der Waals surface area contributed by atoms with E-state index in [0.29, 0.717) is 19.2 Å². The molecule has 2 aliphatic rings. The van der Waals surface area contributed by atoms with Crippen LogP contribution in [-0.4, -0.2) is 70.3 Å². The number of benzene rings is 6. The summed E-state index contributed by atoms with van der Waals surface area (Å²) in [6.07, 6.45) is -9.71. The highest BCUT2D eigenvalue weighted by Crippen LogP contribution is 2.57. The number of halogens is 7. The Morgan fingerprint density at radius 3 is 1.80 bits per heavy atom. The lowest BCUT2D eigenvalue weighted by Crippen LogP contribution is -2.38. The molecule has 76 heavy (non-hydrogen) atoms. The smallest absolute Gasteiger partial charge is 0.507 e. The van der Waals surface area contributed by atoms with E-state index in [-0.39, 0.29) is 22.6 Å². The second kappa shape index (κ2) is 19.5. The quantitative estimate of drug-likeness (QED) is 0.0452. The van der Waals surface area contributed by atoms with Crippen LogP contribution >= 0.6 is 11.6 Å². The highest BCUT2D eigenvalue weighted by Gasteiger charge is 2.48. The molecular weight excluding hydrogens is 1030 g/mol. The molecule has 6 aromatic rings. The molecule has 8 rings (SSSR count). The minimum Gasteiger partial charge on any atom is -0.507 e. The summed E-state index contributed by atoms with van der Waals surface area (Å²) in [5.41, 5.74) is 10.5. The highest BCUT2D eigenvalue weighted by atomic mass is 35.5. The van der Waals surface area contributed by atoms with Gasteiger partial charge in [0.2, 0.25) is 0 Å². The maximum Gasteiger partial charge on any atom is 0.586 e. The first-order chi connectivity index (χ1) is 35.9. The number of nitrogens with one attached hydrogen (secondary N) is 2. The molecule has 3 amide bonds. The summed E-state index contributed by atoms with van der Waals surface area (Å²) in [6, 6.07) is 16.2. The van der Waals surface area contributed by atoms with Gasteiger partial charge in [-0.2, -0.15) is 38.9 Å². The standard InChI is InChI=1S/C49H29ClF6N12O8/c50-37-24(2-1-3-28(37)48(52,53)54)32-21(17-59)13-27(39(71)35(32)43(73)66-45(60)61)22-7-8-25(41-40(22)75-49(55,56)76-41)33-20(16-58)12-26(38(70)36(33)44(74)67-46(62)63)18-4-6-23(29(51)14-18)31-19(15-57)5-9-30(69)34(31)42(72)68-47-64-10-11-65-47/h1-9,12-14,69-71H,10-11H2,(H4,60,61,66,73)(H4,62,63,67,74)(H2,64,65,68,72). The summed E-state index contributed by atoms with van der Waals surface area (Å²) in [7, 11) is 0. The zero-order chi connectivity index (χ0) is 55.3. The van der Waals surface area contributed by atoms with E-state index < -0.39 is 160 Å². The number of phenolic OH excluding ortho intramolecular Hbond substituents is 3. The predicted octanol–water partition coefficient (Wildman–Crippen LogP) is 6.40. The van der Waals surface area contributed by atoms with Crippen LogP contribution in [0.1, 0.15) is 53.3 Å². The molecule has 2 heterocycles. The normalized spacial score (nSPS) is 13.0. The van der Waals surface area contributed by atoms with E-state index in [1.54, 1.807) is 12.1 Å². The number of rotatable bonds is 8. The Balaban J connectivity index is 1.34. The molecule has 27 heteroatoms. The second-order valence-corrected chi connectivity index (χ2v) is 16.4. The minimum atomic E-state index is -5.08. The van der Waals surface area contributed by atoms with Crippen molar-refractivity contribution in [2.24, 2.45) is 37.9 Å². The predicted molar refractivity (Wildman–Crippen MR) is 257 cm³/mol. The fraction of sp³-hybridized carbons (Fsp3) is 0.0816. The molecular formula is C49H29ClF6N12O8. The molecule has 0 atom stereocenters. The van der Waals surface area contributed by atoms with E-state index in [4.69, 9.17) is 44.0 Å². The average Bonchev–Trinajstić information content (AvgIpc) is 4.03. The van der Waals surface area contributed by atoms with Gasteiger partial charge < -0.3 is 53.0 Å². The topological polar surface area (TPSA) is 367 Å². The summed E-state index contributed by atoms with van der Waals surface area (Å²) < 4.78 is 99.4. The van der Waals surface area contributed by atoms with E-state index in [2.05, 4.69) is 25.6 Å². The SMILES string of the molecule is N#Cc1ccc(O)c(C(=O)NC2=NCCN2)c1-c1ccc(-c2cc(C#N)c(-c3ccc(-c4cc(C#N)c(-c5cccc(C(F)(F)F)c5Cl)c(C(=O)N=C(N)N)c4O)c4c3OC(F)(F)O4)c(C(=O)N=C(N)N)c2O)cc1F. The number of ether oxygens (including phenoxy) is 2. The number of aliphatic imine (C=N–C) groups is 3. The first-order valence-corrected chi connectivity index (χ1v) is 21.6. The molecule has 0 saturated carbocycles. The zero-order valence-corrected chi connectivity index (χ0v) is 38.6. The first kappa shape index (κ1) is 51.8. The van der Waals surface area contributed by atoms with Crippen LogP contribution < -0.4 is 43.0 Å². The summed E-state index contributed by atoms with van der Waals surface area (Å²) >= 11 is 6.20. The lowest BCUT2D eigenvalue weighted by molar-refractivity contribution is -0.286. The monoisotopic (exact) mass is 1060 g/mol. The molecule has 0 aromatic heterocycles. The van der Waals surface area contributed by atoms with Gasteiger partial charge in [-0.1, -0.05) is 35.9 Å². The number of aromatic hydroxyl groups is 3. The van der Waals surface area contributed by atoms with Gasteiger partial charge in [0.15, 0.2) is 29.4 Å². The lowest BCUT2D eigenvalue weighted by atomic mass is 9.85. The van der Waals surface area contributed by atoms with Crippen LogP contribution in [0.25, 0.3) is 55.6 Å². The summed E-state index contributed by atoms with van der Waals surface area (Å²) in [5.74, 6) is -12.2. The van der Waals surface area contributed by atoms with Crippen LogP contribution in [0.2, 0.25) is 5.02 Å². The van der Waals surface area contributed by atoms with Crippen molar-refractivity contribution in [2.75, 3.05) is 13.1 Å². The molecule has 0 bridgehead atoms. The van der Waals surface area contributed by atoms with Crippen LogP contribution in [0.4, 0.5) is 26.3 Å². The van der Waals surface area contributed by atoms with E-state index >= 15 is 13.2 Å². The van der Waals surface area contributed by atoms with Gasteiger partial charge in [0, 0.05) is 56.6 Å². The Kier molecular flexibility index (Phi) is 13.3. The third-order valence-electron chi connectivity index (χ3n) is 11.4. The third kappa shape index (κ3) is 9.27. The second-order valence-electron chi connectivity index (χ2n) is 16.0. The molecule has 0 radical (unpaired) electrons. The van der Waals surface area contributed by atoms with Gasteiger partial charge in [-0.3, -0.25) is 24.7 Å². The van der Waals surface area contributed by atoms with Crippen molar-refractivity contribution in [1.29, 1.82) is 15.8 Å². The van der Waals surface area contributed by atoms with Crippen LogP contribution in [0.3, 0.4) is 0 Å². The molecule has 0 spiro atoms. The van der Waals surface area contributed by atoms with Gasteiger partial charge in [-0.05, 0) is 54.1 Å². The number of hydrogen-bond acceptors (Lipinski definition) is 13. The molecule has 6 aromatic carbocycles. The summed E-state index contributed by atoms with van der Waals surface area (Å²) in [6.45, 7) is 0.692. The van der Waals surface area contributed by atoms with Gasteiger partial charge in [0.25, 0.3) is 17.7 Å². The van der Waals surface area contributed by atoms with E-state index in [1.807, 2.05) is 6.07 Å². The van der Waals surface area contributed by atoms with Gasteiger partial charge in [0.1, 0.15) is 23.1 Å². The fourth-order valence-corrected chi connectivity index (χ4v) is 8.71. The lowest BCUT2D eigenvalue weighted by Gasteiger charge is -2.20. The number of phenols is 3. The maximum absolute atomic E-state index is 16.5. The summed E-state index contributed by atoms with van der Waals surface area (Å²) in [4.78, 5) is 52.0. The minimum absolute atomic E-state index is 0.0391. The Hall–Kier alpha value is -10.5. The molecule has 0 saturated heterocycles. The van der Waals surface area contributed by atoms with Crippen molar-refractivity contribution in [1.82, 2.24) is 10.6 Å². The van der Waals surface area contributed by atoms with Crippen molar-refractivity contribution in [3.05, 3.63) is 123 Å². The van der Waals surface area contributed by atoms with E-state index in [1.165, 1.54) is 0 Å². The fourth-order valence-electron chi connectivity index (χ4n) is 8.38. The van der Waals surface area contributed by atoms with Gasteiger partial charge in [-0.15, -0.1) is 8.78 Å². The molecule has 13 N–H and O–H groups in total. The first-order valence-electron chi connectivity index (χ1n) is 21.2. The molecule has 0 fully saturated rings. The van der Waals surface area contributed by atoms with Crippen LogP contribution in [-0.2, 0) is 6.18 Å². The van der Waals surface area contributed by atoms with Crippen molar-refractivity contribution >= 4 is 47.2 Å². The third-order valence-corrected chi connectivity index (χ3v) is 11.8. The van der Waals surface area contributed by atoms with E-state index in [0.717, 1.165) is 66.7 Å². The number of nitrogens with two attached hydrogens (primary N) is 4. The van der Waals surface area contributed by atoms with Crippen LogP contribution in [0.15, 0.2) is 87.8 Å². The van der Waals surface area contributed by atoms with E-state index in [9.17, 15) is 58.7 Å². The Morgan fingerprint density at radius 2 is 1.25 bits per heavy atom. The van der Waals surface area contributed by atoms with Crippen molar-refractivity contribution in [2.45, 2.75) is 12.5 Å². The number of fused-ring (bicyclic) bond motifs is 1. The van der Waals surface area contributed by atoms with Crippen LogP contribution in [0, 0.1) is 39.8 Å². The van der Waals surface area contributed by atoms with Gasteiger partial charge in [0.05, 0.1) is 68.7 Å². The molecule has 382 valence electrons. The maximum atomic E-state index is 16.5. The number of hydrogen-bond donors (Lipinski definition) is 9. The molecule has 20 nitrogen and oxygen atoms in total. The molecule has 2 aliphatic heterocycles. The van der Waals surface area contributed by atoms with Crippen LogP contribution in [0.5, 0.6) is 28.7 Å². The average molecular weight is 1060 g/mol. The van der Waals surface area contributed by atoms with Gasteiger partial charge in [-0.25, -0.2) is 4.39 Å². The van der Waals surface area contributed by atoms with Crippen molar-refractivity contribution in [3.63, 3.8) is 0 Å². The Labute approximate surface area is 426 Å². The van der Waals surface area contributed by atoms with Gasteiger partial charge >= 0.3 is 12.5 Å². The Morgan fingerprint density at radius 1 is 0.711 bits per heavy atom. The summed E-state index contributed by atoms with van der Waals surface area (Å²) in [5, 5.41) is 69.9. The number of guanidine groups is 3. The van der Waals surface area contributed by atoms with Crippen molar-refractivity contribution < 1.29 is 65.5 Å². The number of alkyl halides is 5. The largest absolute Gasteiger partial charge is 0.586 e. The number of carbonyl (C=O) groups is 3. The zero-order valence-electron chi connectivity index (χ0n) is 37.9. The number of nitriles is 3. The number of nitrogens with zero attached hydrogens (tertiary/aromatic N) is 6. The van der Waals surface area contributed by atoms with Crippen molar-refractivity contribution in [3.8, 4) is 103 Å². The highest BCUT2D eigenvalue weighted by molar-refractivity contribution is 6.34. The molecule has 0 aliphatic carbocycles.